The van der Waals surface area contributed by atoms with Gasteiger partial charge in [-0.05, 0) is 47.5 Å². The Morgan fingerprint density at radius 3 is 2.38 bits per heavy atom. The molecule has 0 bridgehead atoms. The van der Waals surface area contributed by atoms with Crippen LogP contribution in [0, 0.1) is 0 Å². The van der Waals surface area contributed by atoms with Gasteiger partial charge in [0.15, 0.2) is 5.60 Å². The molecule has 6 nitrogen and oxygen atoms in total. The minimum Gasteiger partial charge on any atom is -0.373 e. The van der Waals surface area contributed by atoms with Gasteiger partial charge in [0.25, 0.3) is 5.56 Å². The first-order valence-electron chi connectivity index (χ1n) is 10.5. The second-order valence-electron chi connectivity index (χ2n) is 8.14. The molecule has 0 fully saturated rings. The summed E-state index contributed by atoms with van der Waals surface area (Å²) < 4.78 is 3.28. The summed E-state index contributed by atoms with van der Waals surface area (Å²) in [5.74, 6) is 0. The Morgan fingerprint density at radius 1 is 0.941 bits per heavy atom. The molecule has 8 heteroatoms. The van der Waals surface area contributed by atoms with E-state index in [1.807, 2.05) is 19.2 Å². The van der Waals surface area contributed by atoms with Crippen LogP contribution in [0.15, 0.2) is 84.0 Å². The molecule has 0 spiro atoms. The van der Waals surface area contributed by atoms with Crippen LogP contribution in [0.4, 0.5) is 0 Å². The lowest BCUT2D eigenvalue weighted by Crippen LogP contribution is -2.32. The van der Waals surface area contributed by atoms with Crippen LogP contribution in [-0.2, 0) is 19.7 Å². The second-order valence-corrected chi connectivity index (χ2v) is 9.01. The van der Waals surface area contributed by atoms with Crippen LogP contribution >= 0.6 is 23.2 Å². The Bertz CT molecular complexity index is 1590. The van der Waals surface area contributed by atoms with Gasteiger partial charge in [-0.25, -0.2) is 9.97 Å². The number of aromatic nitrogens is 4. The van der Waals surface area contributed by atoms with Gasteiger partial charge in [-0.1, -0.05) is 47.5 Å². The second kappa shape index (κ2) is 8.40. The Hall–Kier alpha value is -3.45. The molecular formula is C26H20Cl2N4O2. The van der Waals surface area contributed by atoms with E-state index in [2.05, 4.69) is 4.98 Å². The average Bonchev–Trinajstić information content (AvgIpc) is 3.27. The van der Waals surface area contributed by atoms with Gasteiger partial charge < -0.3 is 14.2 Å². The molecule has 0 aliphatic rings. The third kappa shape index (κ3) is 3.60. The molecule has 1 N–H and O–H groups in total. The molecule has 0 aliphatic carbocycles. The third-order valence-electron chi connectivity index (χ3n) is 6.04. The van der Waals surface area contributed by atoms with Gasteiger partial charge >= 0.3 is 0 Å². The van der Waals surface area contributed by atoms with Crippen molar-refractivity contribution in [1.82, 2.24) is 19.1 Å². The molecule has 5 rings (SSSR count). The summed E-state index contributed by atoms with van der Waals surface area (Å²) in [6.07, 6.45) is 3.23. The van der Waals surface area contributed by atoms with Crippen molar-refractivity contribution in [2.24, 2.45) is 14.1 Å². The molecule has 0 aliphatic heterocycles. The predicted octanol–water partition coefficient (Wildman–Crippen LogP) is 4.93. The number of hydrogen-bond donors (Lipinski definition) is 1. The van der Waals surface area contributed by atoms with Gasteiger partial charge in [-0.15, -0.1) is 0 Å². The van der Waals surface area contributed by atoms with Gasteiger partial charge in [0.2, 0.25) is 0 Å². The van der Waals surface area contributed by atoms with E-state index in [4.69, 9.17) is 28.2 Å². The zero-order valence-corrected chi connectivity index (χ0v) is 19.9. The first kappa shape index (κ1) is 22.3. The highest BCUT2D eigenvalue weighted by Crippen LogP contribution is 2.37. The summed E-state index contributed by atoms with van der Waals surface area (Å²) in [7, 11) is 3.51. The van der Waals surface area contributed by atoms with Gasteiger partial charge in [0.1, 0.15) is 0 Å². The van der Waals surface area contributed by atoms with Crippen molar-refractivity contribution < 1.29 is 5.11 Å². The maximum atomic E-state index is 12.7. The smallest absolute Gasteiger partial charge is 0.251 e. The number of aryl methyl sites for hydroxylation is 2. The van der Waals surface area contributed by atoms with Crippen LogP contribution in [-0.4, -0.2) is 24.2 Å². The molecule has 0 amide bonds. The van der Waals surface area contributed by atoms with E-state index in [1.165, 1.54) is 10.6 Å². The molecule has 1 unspecified atom stereocenters. The van der Waals surface area contributed by atoms with E-state index in [-0.39, 0.29) is 5.56 Å². The van der Waals surface area contributed by atoms with Crippen molar-refractivity contribution in [3.8, 4) is 11.1 Å². The van der Waals surface area contributed by atoms with E-state index in [1.54, 1.807) is 72.7 Å². The van der Waals surface area contributed by atoms with E-state index >= 15 is 0 Å². The number of halogens is 2. The van der Waals surface area contributed by atoms with Crippen LogP contribution in [0.1, 0.15) is 17.0 Å². The van der Waals surface area contributed by atoms with E-state index in [9.17, 15) is 9.90 Å². The molecule has 1 atom stereocenters. The number of pyridine rings is 2. The number of aliphatic hydroxyl groups is 1. The summed E-state index contributed by atoms with van der Waals surface area (Å²) >= 11 is 12.4. The largest absolute Gasteiger partial charge is 0.373 e. The SMILES string of the molecule is Cn1cncc1C(O)(c1ccc(Cl)cc1)c1ccc2c(n1)c(-c1cccc(Cl)c1)cc(=O)n2C. The summed E-state index contributed by atoms with van der Waals surface area (Å²) in [5.41, 5.74) is 2.30. The number of benzene rings is 2. The molecule has 2 aromatic carbocycles. The summed E-state index contributed by atoms with van der Waals surface area (Å²) in [6.45, 7) is 0. The van der Waals surface area contributed by atoms with Gasteiger partial charge in [0, 0.05) is 35.8 Å². The van der Waals surface area contributed by atoms with Crippen molar-refractivity contribution in [2.45, 2.75) is 5.60 Å². The van der Waals surface area contributed by atoms with Crippen molar-refractivity contribution in [1.29, 1.82) is 0 Å². The van der Waals surface area contributed by atoms with E-state index < -0.39 is 5.60 Å². The molecular weight excluding hydrogens is 471 g/mol. The fraction of sp³-hybridized carbons (Fsp3) is 0.115. The molecule has 0 saturated carbocycles. The zero-order valence-electron chi connectivity index (χ0n) is 18.4. The summed E-state index contributed by atoms with van der Waals surface area (Å²) in [4.78, 5) is 21.8. The lowest BCUT2D eigenvalue weighted by atomic mass is 9.86. The van der Waals surface area contributed by atoms with Crippen LogP contribution < -0.4 is 5.56 Å². The normalized spacial score (nSPS) is 13.2. The van der Waals surface area contributed by atoms with Gasteiger partial charge in [-0.3, -0.25) is 4.79 Å². The van der Waals surface area contributed by atoms with Crippen LogP contribution in [0.3, 0.4) is 0 Å². The van der Waals surface area contributed by atoms with Gasteiger partial charge in [-0.2, -0.15) is 0 Å². The first-order valence-corrected chi connectivity index (χ1v) is 11.3. The number of nitrogens with zero attached hydrogens (tertiary/aromatic N) is 4. The van der Waals surface area contributed by atoms with Gasteiger partial charge in [0.05, 0.1) is 34.9 Å². The average molecular weight is 491 g/mol. The first-order chi connectivity index (χ1) is 16.3. The highest BCUT2D eigenvalue weighted by atomic mass is 35.5. The number of imidazole rings is 1. The molecule has 170 valence electrons. The molecule has 3 aromatic heterocycles. The third-order valence-corrected chi connectivity index (χ3v) is 6.53. The lowest BCUT2D eigenvalue weighted by molar-refractivity contribution is 0.113. The fourth-order valence-corrected chi connectivity index (χ4v) is 4.55. The fourth-order valence-electron chi connectivity index (χ4n) is 4.23. The van der Waals surface area contributed by atoms with Crippen molar-refractivity contribution >= 4 is 34.2 Å². The minimum atomic E-state index is -1.62. The van der Waals surface area contributed by atoms with E-state index in [0.717, 1.165) is 5.56 Å². The monoisotopic (exact) mass is 490 g/mol. The zero-order chi connectivity index (χ0) is 24.0. The highest BCUT2D eigenvalue weighted by Gasteiger charge is 2.38. The van der Waals surface area contributed by atoms with Crippen LogP contribution in [0.5, 0.6) is 0 Å². The molecule has 0 saturated heterocycles. The van der Waals surface area contributed by atoms with Crippen molar-refractivity contribution in [2.75, 3.05) is 0 Å². The predicted molar refractivity (Wildman–Crippen MR) is 134 cm³/mol. The Kier molecular flexibility index (Phi) is 5.52. The molecule has 34 heavy (non-hydrogen) atoms. The standard InChI is InChI=1S/C26H20Cl2N4O2/c1-31-15-29-14-23(31)26(34,17-6-8-18(27)9-7-17)22-11-10-21-25(30-22)20(13-24(33)32(21)2)16-4-3-5-19(28)12-16/h3-15,34H,1-2H3. The lowest BCUT2D eigenvalue weighted by Gasteiger charge is -2.29. The maximum absolute atomic E-state index is 12.7. The summed E-state index contributed by atoms with van der Waals surface area (Å²) in [6, 6.07) is 19.3. The summed E-state index contributed by atoms with van der Waals surface area (Å²) in [5, 5.41) is 13.3. The Balaban J connectivity index is 1.84. The van der Waals surface area contributed by atoms with E-state index in [0.29, 0.717) is 43.6 Å². The maximum Gasteiger partial charge on any atom is 0.251 e. The van der Waals surface area contributed by atoms with Crippen molar-refractivity contribution in [3.05, 3.63) is 117 Å². The minimum absolute atomic E-state index is 0.170. The Labute approximate surface area is 205 Å². The Morgan fingerprint density at radius 2 is 1.71 bits per heavy atom. The molecule has 5 aromatic rings. The molecule has 3 heterocycles. The molecule has 0 radical (unpaired) electrons. The van der Waals surface area contributed by atoms with Crippen LogP contribution in [0.25, 0.3) is 22.2 Å². The number of fused-ring (bicyclic) bond motifs is 1. The highest BCUT2D eigenvalue weighted by molar-refractivity contribution is 6.31. The van der Waals surface area contributed by atoms with Crippen LogP contribution in [0.2, 0.25) is 10.0 Å². The van der Waals surface area contributed by atoms with Crippen molar-refractivity contribution in [3.63, 3.8) is 0 Å². The number of rotatable bonds is 4. The topological polar surface area (TPSA) is 72.9 Å². The number of hydrogen-bond acceptors (Lipinski definition) is 4. The quantitative estimate of drug-likeness (QED) is 0.387.